The molecular weight excluding hydrogens is 314 g/mol. The molecule has 0 fully saturated rings. The van der Waals surface area contributed by atoms with E-state index in [2.05, 4.69) is 5.32 Å². The smallest absolute Gasteiger partial charge is 0.224 e. The first kappa shape index (κ1) is 17.0. The van der Waals surface area contributed by atoms with Gasteiger partial charge in [0.1, 0.15) is 15.6 Å². The van der Waals surface area contributed by atoms with Crippen LogP contribution < -0.4 is 10.1 Å². The molecule has 5 nitrogen and oxygen atoms in total. The lowest BCUT2D eigenvalue weighted by atomic mass is 10.2. The van der Waals surface area contributed by atoms with Crippen LogP contribution in [0.2, 0.25) is 0 Å². The number of benzene rings is 2. The van der Waals surface area contributed by atoms with Gasteiger partial charge in [-0.3, -0.25) is 4.79 Å². The Bertz CT molecular complexity index is 757. The van der Waals surface area contributed by atoms with Crippen molar-refractivity contribution in [3.8, 4) is 11.5 Å². The molecule has 0 saturated heterocycles. The fraction of sp³-hybridized carbons (Fsp3) is 0.235. The Morgan fingerprint density at radius 3 is 2.39 bits per heavy atom. The van der Waals surface area contributed by atoms with E-state index in [9.17, 15) is 13.2 Å². The Kier molecular flexibility index (Phi) is 5.76. The second-order valence-electron chi connectivity index (χ2n) is 5.19. The molecule has 0 spiro atoms. The number of amides is 1. The molecule has 2 rings (SSSR count). The maximum atomic E-state index is 11.9. The molecule has 1 N–H and O–H groups in total. The van der Waals surface area contributed by atoms with Crippen LogP contribution in [0.4, 0.5) is 5.69 Å². The van der Waals surface area contributed by atoms with Gasteiger partial charge in [0, 0.05) is 12.7 Å². The topological polar surface area (TPSA) is 72.5 Å². The van der Waals surface area contributed by atoms with E-state index in [4.69, 9.17) is 4.74 Å². The maximum absolute atomic E-state index is 11.9. The lowest BCUT2D eigenvalue weighted by Gasteiger charge is -2.12. The van der Waals surface area contributed by atoms with E-state index in [0.29, 0.717) is 23.6 Å². The standard InChI is InChI=1S/C17H19NO4S/c1-23(20,21)13-7-12-17(19)18-15-10-5-6-11-16(15)22-14-8-3-2-4-9-14/h2-6,8-11H,7,12-13H2,1H3,(H,18,19). The summed E-state index contributed by atoms with van der Waals surface area (Å²) < 4.78 is 27.9. The van der Waals surface area contributed by atoms with Crippen LogP contribution in [0.1, 0.15) is 12.8 Å². The van der Waals surface area contributed by atoms with Crippen molar-refractivity contribution < 1.29 is 17.9 Å². The molecule has 2 aromatic rings. The zero-order valence-electron chi connectivity index (χ0n) is 12.9. The number of hydrogen-bond acceptors (Lipinski definition) is 4. The van der Waals surface area contributed by atoms with E-state index in [1.165, 1.54) is 0 Å². The van der Waals surface area contributed by atoms with Gasteiger partial charge in [-0.25, -0.2) is 8.42 Å². The van der Waals surface area contributed by atoms with Crippen molar-refractivity contribution in [2.24, 2.45) is 0 Å². The summed E-state index contributed by atoms with van der Waals surface area (Å²) in [7, 11) is -3.05. The summed E-state index contributed by atoms with van der Waals surface area (Å²) in [5, 5.41) is 2.76. The highest BCUT2D eigenvalue weighted by Crippen LogP contribution is 2.29. The summed E-state index contributed by atoms with van der Waals surface area (Å²) in [5.74, 6) is 0.974. The van der Waals surface area contributed by atoms with Crippen LogP contribution in [-0.2, 0) is 14.6 Å². The second kappa shape index (κ2) is 7.78. The molecule has 6 heteroatoms. The summed E-state index contributed by atoms with van der Waals surface area (Å²) in [6, 6.07) is 16.4. The van der Waals surface area contributed by atoms with Crippen molar-refractivity contribution in [3.05, 3.63) is 54.6 Å². The van der Waals surface area contributed by atoms with Crippen molar-refractivity contribution in [2.45, 2.75) is 12.8 Å². The van der Waals surface area contributed by atoms with Gasteiger partial charge < -0.3 is 10.1 Å². The Morgan fingerprint density at radius 1 is 1.04 bits per heavy atom. The van der Waals surface area contributed by atoms with Crippen molar-refractivity contribution in [3.63, 3.8) is 0 Å². The van der Waals surface area contributed by atoms with Crippen LogP contribution >= 0.6 is 0 Å². The van der Waals surface area contributed by atoms with E-state index >= 15 is 0 Å². The first-order chi connectivity index (χ1) is 10.9. The Balaban J connectivity index is 1.98. The molecule has 0 aliphatic heterocycles. The molecule has 0 unspecified atom stereocenters. The van der Waals surface area contributed by atoms with Crippen molar-refractivity contribution >= 4 is 21.4 Å². The number of rotatable bonds is 7. The van der Waals surface area contributed by atoms with Crippen LogP contribution in [0.15, 0.2) is 54.6 Å². The third-order valence-electron chi connectivity index (χ3n) is 3.05. The SMILES string of the molecule is CS(=O)(=O)CCCC(=O)Nc1ccccc1Oc1ccccc1. The minimum atomic E-state index is -3.05. The third kappa shape index (κ3) is 6.12. The highest BCUT2D eigenvalue weighted by atomic mass is 32.2. The molecular formula is C17H19NO4S. The van der Waals surface area contributed by atoms with Gasteiger partial charge in [-0.1, -0.05) is 30.3 Å². The fourth-order valence-electron chi connectivity index (χ4n) is 1.98. The average molecular weight is 333 g/mol. The Morgan fingerprint density at radius 2 is 1.70 bits per heavy atom. The van der Waals surface area contributed by atoms with Gasteiger partial charge in [0.15, 0.2) is 5.75 Å². The normalized spacial score (nSPS) is 11.0. The quantitative estimate of drug-likeness (QED) is 0.844. The molecule has 2 aromatic carbocycles. The third-order valence-corrected chi connectivity index (χ3v) is 4.08. The molecule has 122 valence electrons. The predicted octanol–water partition coefficient (Wildman–Crippen LogP) is 3.24. The maximum Gasteiger partial charge on any atom is 0.224 e. The highest BCUT2D eigenvalue weighted by Gasteiger charge is 2.10. The summed E-state index contributed by atoms with van der Waals surface area (Å²) >= 11 is 0. The number of ether oxygens (including phenoxy) is 1. The molecule has 0 aliphatic rings. The van der Waals surface area contributed by atoms with Gasteiger partial charge in [-0.05, 0) is 30.7 Å². The Hall–Kier alpha value is -2.34. The molecule has 0 bridgehead atoms. The average Bonchev–Trinajstić information content (AvgIpc) is 2.49. The minimum absolute atomic E-state index is 0.00256. The van der Waals surface area contributed by atoms with E-state index in [1.807, 2.05) is 36.4 Å². The van der Waals surface area contributed by atoms with Gasteiger partial charge in [0.2, 0.25) is 5.91 Å². The van der Waals surface area contributed by atoms with E-state index in [1.54, 1.807) is 18.2 Å². The largest absolute Gasteiger partial charge is 0.455 e. The van der Waals surface area contributed by atoms with Gasteiger partial charge >= 0.3 is 0 Å². The van der Waals surface area contributed by atoms with Crippen molar-refractivity contribution in [1.82, 2.24) is 0 Å². The van der Waals surface area contributed by atoms with Crippen LogP contribution in [-0.4, -0.2) is 26.3 Å². The zero-order valence-corrected chi connectivity index (χ0v) is 13.7. The van der Waals surface area contributed by atoms with E-state index in [-0.39, 0.29) is 18.1 Å². The summed E-state index contributed by atoms with van der Waals surface area (Å²) in [4.78, 5) is 11.9. The van der Waals surface area contributed by atoms with E-state index in [0.717, 1.165) is 6.26 Å². The van der Waals surface area contributed by atoms with Crippen LogP contribution in [0, 0.1) is 0 Å². The Labute approximate surface area is 136 Å². The number of carbonyl (C=O) groups excluding carboxylic acids is 1. The van der Waals surface area contributed by atoms with Crippen molar-refractivity contribution in [2.75, 3.05) is 17.3 Å². The first-order valence-electron chi connectivity index (χ1n) is 7.23. The minimum Gasteiger partial charge on any atom is -0.455 e. The van der Waals surface area contributed by atoms with Gasteiger partial charge in [0.05, 0.1) is 11.4 Å². The lowest BCUT2D eigenvalue weighted by molar-refractivity contribution is -0.116. The summed E-state index contributed by atoms with van der Waals surface area (Å²) in [5.41, 5.74) is 0.556. The number of sulfone groups is 1. The molecule has 0 saturated carbocycles. The number of anilines is 1. The first-order valence-corrected chi connectivity index (χ1v) is 9.29. The predicted molar refractivity (Wildman–Crippen MR) is 90.5 cm³/mol. The van der Waals surface area contributed by atoms with Crippen LogP contribution in [0.5, 0.6) is 11.5 Å². The molecule has 0 aromatic heterocycles. The van der Waals surface area contributed by atoms with Crippen molar-refractivity contribution in [1.29, 1.82) is 0 Å². The van der Waals surface area contributed by atoms with Gasteiger partial charge in [0.25, 0.3) is 0 Å². The molecule has 0 aliphatic carbocycles. The molecule has 1 amide bonds. The highest BCUT2D eigenvalue weighted by molar-refractivity contribution is 7.90. The zero-order chi connectivity index (χ0) is 16.7. The molecule has 0 atom stereocenters. The van der Waals surface area contributed by atoms with Crippen LogP contribution in [0.25, 0.3) is 0 Å². The number of nitrogens with one attached hydrogen (secondary N) is 1. The van der Waals surface area contributed by atoms with Gasteiger partial charge in [-0.15, -0.1) is 0 Å². The molecule has 0 radical (unpaired) electrons. The fourth-order valence-corrected chi connectivity index (χ4v) is 2.65. The second-order valence-corrected chi connectivity index (χ2v) is 7.45. The summed E-state index contributed by atoms with van der Waals surface area (Å²) in [6.07, 6.45) is 1.60. The summed E-state index contributed by atoms with van der Waals surface area (Å²) in [6.45, 7) is 0. The molecule has 0 heterocycles. The van der Waals surface area contributed by atoms with Gasteiger partial charge in [-0.2, -0.15) is 0 Å². The monoisotopic (exact) mass is 333 g/mol. The van der Waals surface area contributed by atoms with Crippen LogP contribution in [0.3, 0.4) is 0 Å². The number of hydrogen-bond donors (Lipinski definition) is 1. The molecule has 23 heavy (non-hydrogen) atoms. The number of carbonyl (C=O) groups is 1. The number of para-hydroxylation sites is 3. The lowest BCUT2D eigenvalue weighted by Crippen LogP contribution is -2.14. The van der Waals surface area contributed by atoms with E-state index < -0.39 is 9.84 Å².